The van der Waals surface area contributed by atoms with Crippen molar-refractivity contribution in [3.05, 3.63) is 24.3 Å². The Labute approximate surface area is 341 Å². The lowest BCUT2D eigenvalue weighted by atomic mass is 9.87. The number of anilines is 1. The molecule has 6 N–H and O–H groups in total. The summed E-state index contributed by atoms with van der Waals surface area (Å²) < 4.78 is 60.5. The maximum atomic E-state index is 12.5. The fourth-order valence-corrected chi connectivity index (χ4v) is 8.53. The van der Waals surface area contributed by atoms with Gasteiger partial charge in [-0.15, -0.1) is 0 Å². The molecule has 7 atom stereocenters. The van der Waals surface area contributed by atoms with Crippen LogP contribution in [0.1, 0.15) is 59.6 Å². The van der Waals surface area contributed by atoms with Gasteiger partial charge in [0.25, 0.3) is 15.6 Å². The Morgan fingerprint density at radius 1 is 1.05 bits per heavy atom. The zero-order chi connectivity index (χ0) is 44.3. The third-order valence-electron chi connectivity index (χ3n) is 8.06. The number of nitrogens with zero attached hydrogens (tertiary/aromatic N) is 4. The smallest absolute Gasteiger partial charge is 0.274 e. The van der Waals surface area contributed by atoms with Crippen LogP contribution in [0.2, 0.25) is 0 Å². The van der Waals surface area contributed by atoms with Gasteiger partial charge in [0.05, 0.1) is 33.8 Å². The minimum Gasteiger partial charge on any atom is -0.790 e. The van der Waals surface area contributed by atoms with E-state index in [0.717, 1.165) is 34.6 Å². The number of phosphoric acid groups is 3. The first-order valence-corrected chi connectivity index (χ1v) is 22.8. The molecule has 2 aromatic rings. The van der Waals surface area contributed by atoms with Gasteiger partial charge in [-0.2, -0.15) is 0 Å². The summed E-state index contributed by atoms with van der Waals surface area (Å²) in [6, 6.07) is 0. The number of nitrogens with one attached hydrogen (secondary N) is 2. The van der Waals surface area contributed by atoms with Gasteiger partial charge in [-0.1, -0.05) is 37.3 Å². The summed E-state index contributed by atoms with van der Waals surface area (Å²) in [6.45, 7) is 3.70. The number of Topliss-reactive ketones (excluding diaryl/α,β-unsaturated/α-hetero) is 1. The molecule has 332 valence electrons. The number of allylic oxidation sites excluding steroid dienone is 2. The van der Waals surface area contributed by atoms with E-state index in [9.17, 15) is 62.7 Å². The number of aromatic nitrogens is 4. The second-order valence-electron chi connectivity index (χ2n) is 13.7. The molecule has 0 saturated carbocycles. The number of ether oxygens (including phenoxy) is 1. The summed E-state index contributed by atoms with van der Waals surface area (Å²) in [5, 5.41) is 25.8. The Morgan fingerprint density at radius 3 is 2.39 bits per heavy atom. The predicted octanol–water partition coefficient (Wildman–Crippen LogP) is -2.16. The molecule has 0 spiro atoms. The van der Waals surface area contributed by atoms with E-state index in [-0.39, 0.29) is 66.0 Å². The second kappa shape index (κ2) is 21.7. The second-order valence-corrected chi connectivity index (χ2v) is 19.0. The van der Waals surface area contributed by atoms with Crippen LogP contribution in [0.5, 0.6) is 0 Å². The molecule has 1 fully saturated rings. The lowest BCUT2D eigenvalue weighted by Gasteiger charge is -2.36. The van der Waals surface area contributed by atoms with Crippen molar-refractivity contribution in [2.75, 3.05) is 37.8 Å². The number of nitrogen functional groups attached to an aromatic ring is 1. The summed E-state index contributed by atoms with van der Waals surface area (Å²) in [6.07, 6.45) is -5.23. The number of thioether (sulfide) groups is 1. The third-order valence-corrected chi connectivity index (χ3v) is 11.9. The monoisotopic (exact) mass is 915 g/mol. The van der Waals surface area contributed by atoms with Crippen LogP contribution < -0.4 is 35.9 Å². The highest BCUT2D eigenvalue weighted by molar-refractivity contribution is 8.13. The molecule has 1 saturated heterocycles. The van der Waals surface area contributed by atoms with E-state index in [4.69, 9.17) is 10.5 Å². The van der Waals surface area contributed by atoms with E-state index in [0.29, 0.717) is 6.42 Å². The van der Waals surface area contributed by atoms with Crippen LogP contribution in [0.4, 0.5) is 5.82 Å². The van der Waals surface area contributed by atoms with Crippen molar-refractivity contribution < 1.29 is 85.3 Å². The molecule has 25 nitrogen and oxygen atoms in total. The number of aliphatic hydroxyl groups is 2. The van der Waals surface area contributed by atoms with Gasteiger partial charge in [-0.25, -0.2) is 19.3 Å². The van der Waals surface area contributed by atoms with E-state index in [1.807, 2.05) is 19.9 Å². The topological polar surface area (TPSA) is 392 Å². The maximum absolute atomic E-state index is 12.5. The molecule has 0 aromatic carbocycles. The molecular weight excluding hydrogens is 871 g/mol. The number of imidazole rings is 1. The molecule has 2 amide bonds. The molecule has 0 radical (unpaired) electrons. The fraction of sp³-hybridized carbons (Fsp3) is 0.633. The number of nitrogens with two attached hydrogens (primary N) is 1. The first-order chi connectivity index (χ1) is 27.3. The summed E-state index contributed by atoms with van der Waals surface area (Å²) in [4.78, 5) is 108. The molecule has 0 bridgehead atoms. The van der Waals surface area contributed by atoms with E-state index in [1.54, 1.807) is 0 Å². The predicted molar refractivity (Wildman–Crippen MR) is 197 cm³/mol. The van der Waals surface area contributed by atoms with Crippen LogP contribution in [-0.4, -0.2) is 109 Å². The first-order valence-electron chi connectivity index (χ1n) is 17.4. The largest absolute Gasteiger partial charge is 0.790 e. The molecule has 59 heavy (non-hydrogen) atoms. The van der Waals surface area contributed by atoms with Gasteiger partial charge < -0.3 is 69.0 Å². The summed E-state index contributed by atoms with van der Waals surface area (Å²) in [5.41, 5.74) is 5.10. The number of phosphoric ester groups is 3. The van der Waals surface area contributed by atoms with Crippen LogP contribution in [0.3, 0.4) is 0 Å². The van der Waals surface area contributed by atoms with Gasteiger partial charge in [-0.3, -0.25) is 32.9 Å². The summed E-state index contributed by atoms with van der Waals surface area (Å²) in [7, 11) is -17.6. The Balaban J connectivity index is 1.44. The number of hydrogen-bond donors (Lipinski definition) is 5. The number of amides is 2. The lowest BCUT2D eigenvalue weighted by molar-refractivity contribution is -0.347. The van der Waals surface area contributed by atoms with Crippen LogP contribution in [0, 0.1) is 5.41 Å². The van der Waals surface area contributed by atoms with E-state index < -0.39 is 84.6 Å². The number of ketones is 1. The quantitative estimate of drug-likeness (QED) is 0.0324. The van der Waals surface area contributed by atoms with Crippen molar-refractivity contribution in [2.24, 2.45) is 5.41 Å². The van der Waals surface area contributed by atoms with Crippen LogP contribution in [-0.2, 0) is 55.5 Å². The summed E-state index contributed by atoms with van der Waals surface area (Å²) >= 11 is 0.890. The average molecular weight is 916 g/mol. The van der Waals surface area contributed by atoms with E-state index in [2.05, 4.69) is 43.5 Å². The molecule has 3 heterocycles. The average Bonchev–Trinajstić information content (AvgIpc) is 3.67. The normalized spacial score (nSPS) is 21.0. The van der Waals surface area contributed by atoms with Gasteiger partial charge in [0, 0.05) is 37.1 Å². The van der Waals surface area contributed by atoms with Crippen molar-refractivity contribution in [2.45, 2.75) is 84.0 Å². The highest BCUT2D eigenvalue weighted by Gasteiger charge is 2.47. The minimum absolute atomic E-state index is 0.0280. The van der Waals surface area contributed by atoms with Gasteiger partial charge in [0.2, 0.25) is 11.8 Å². The van der Waals surface area contributed by atoms with E-state index in [1.165, 1.54) is 13.8 Å². The van der Waals surface area contributed by atoms with Crippen molar-refractivity contribution in [1.29, 1.82) is 0 Å². The van der Waals surface area contributed by atoms with Crippen LogP contribution in [0.25, 0.3) is 11.2 Å². The van der Waals surface area contributed by atoms with Gasteiger partial charge in [0.1, 0.15) is 42.0 Å². The summed E-state index contributed by atoms with van der Waals surface area (Å²) in [5.74, 6) is -1.62. The zero-order valence-corrected chi connectivity index (χ0v) is 35.5. The number of fused-ring (bicyclic) bond motifs is 1. The highest BCUT2D eigenvalue weighted by Crippen LogP contribution is 2.56. The van der Waals surface area contributed by atoms with Crippen LogP contribution in [0.15, 0.2) is 24.3 Å². The number of hydrogen-bond acceptors (Lipinski definition) is 23. The van der Waals surface area contributed by atoms with Crippen molar-refractivity contribution >= 4 is 74.9 Å². The lowest BCUT2D eigenvalue weighted by Crippen LogP contribution is -2.46. The van der Waals surface area contributed by atoms with Crippen LogP contribution >= 0.6 is 35.2 Å². The molecule has 2 aromatic heterocycles. The highest BCUT2D eigenvalue weighted by atomic mass is 32.2. The number of rotatable bonds is 24. The number of aliphatic hydroxyl groups excluding tert-OH is 2. The molecule has 0 aliphatic carbocycles. The Morgan fingerprint density at radius 2 is 1.73 bits per heavy atom. The number of carbonyl (C=O) groups excluding carboxylic acids is 4. The Bertz CT molecular complexity index is 1990. The fourth-order valence-electron chi connectivity index (χ4n) is 5.09. The SMILES string of the molecule is CC(C)=CCCC(=O)CC(=O)SCCNC(=O)CCNC(=O)[C@H](O)C(C)(C)COP(=O)([O-])OP(=O)([O-])OC[C@H]1O[C@@H](n2cnc3c(N)ncnc32)[C@H](O)[C@@H]1OP(=O)([O-])[O-]. The number of carbonyl (C=O) groups is 4. The molecule has 3 rings (SSSR count). The maximum Gasteiger partial charge on any atom is 0.274 e. The molecule has 29 heteroatoms. The third kappa shape index (κ3) is 16.4. The van der Waals surface area contributed by atoms with Crippen molar-refractivity contribution in [3.63, 3.8) is 0 Å². The molecule has 2 unspecified atom stereocenters. The van der Waals surface area contributed by atoms with Gasteiger partial charge in [0.15, 0.2) is 22.8 Å². The van der Waals surface area contributed by atoms with Gasteiger partial charge in [-0.05, 0) is 20.3 Å². The van der Waals surface area contributed by atoms with Gasteiger partial charge >= 0.3 is 0 Å². The molecule has 1 aliphatic heterocycles. The Kier molecular flexibility index (Phi) is 18.5. The van der Waals surface area contributed by atoms with Crippen molar-refractivity contribution in [3.8, 4) is 0 Å². The van der Waals surface area contributed by atoms with Crippen molar-refractivity contribution in [1.82, 2.24) is 30.2 Å². The minimum atomic E-state index is -5.93. The standard InChI is InChI=1S/C30H48N7O18P3S/c1-17(2)6-5-7-18(38)12-21(40)59-11-10-32-20(39)8-9-33-28(43)25(42)30(3,4)14-52-58(49,50)55-57(47,48)51-13-19-24(54-56(44,45)46)23(41)29(53-19)37-16-36-22-26(31)34-15-35-27(22)37/h6,15-16,19,23-25,29,41-42H,5,7-14H2,1-4H3,(H,32,39)(H,33,43)(H,47,48)(H,49,50)(H2,31,34,35)(H2,44,45,46)/p-4/t19-,23-,24-,25+,29-/m1/s1. The Hall–Kier alpha value is -3.03. The zero-order valence-electron chi connectivity index (χ0n) is 32.0. The molecule has 1 aliphatic rings. The molecular formula is C30H44N7O18P3S-4. The first kappa shape index (κ1) is 50.3. The van der Waals surface area contributed by atoms with E-state index >= 15 is 0 Å².